The molecule has 1 aliphatic heterocycles. The van der Waals surface area contributed by atoms with Gasteiger partial charge < -0.3 is 0 Å². The predicted molar refractivity (Wildman–Crippen MR) is 108 cm³/mol. The summed E-state index contributed by atoms with van der Waals surface area (Å²) >= 11 is 6.83. The number of benzene rings is 3. The van der Waals surface area contributed by atoms with Crippen molar-refractivity contribution in [3.63, 3.8) is 0 Å². The summed E-state index contributed by atoms with van der Waals surface area (Å²) in [6.07, 6.45) is 0. The molecular formula is C21H17NS2. The predicted octanol–water partition coefficient (Wildman–Crippen LogP) is 5.95. The van der Waals surface area contributed by atoms with Crippen molar-refractivity contribution < 1.29 is 0 Å². The van der Waals surface area contributed by atoms with Gasteiger partial charge in [-0.2, -0.15) is 12.6 Å². The van der Waals surface area contributed by atoms with Gasteiger partial charge in [-0.25, -0.2) is 4.99 Å². The van der Waals surface area contributed by atoms with Crippen molar-refractivity contribution in [1.29, 1.82) is 0 Å². The van der Waals surface area contributed by atoms with Gasteiger partial charge in [0.05, 0.1) is 5.69 Å². The van der Waals surface area contributed by atoms with E-state index in [1.807, 2.05) is 12.1 Å². The topological polar surface area (TPSA) is 12.4 Å². The smallest absolute Gasteiger partial charge is 0.117 e. The zero-order valence-corrected chi connectivity index (χ0v) is 15.0. The van der Waals surface area contributed by atoms with Crippen LogP contribution in [0, 0.1) is 6.92 Å². The van der Waals surface area contributed by atoms with Gasteiger partial charge in [-0.3, -0.25) is 0 Å². The number of thiol groups is 1. The van der Waals surface area contributed by atoms with Crippen LogP contribution < -0.4 is 0 Å². The molecule has 0 amide bonds. The Morgan fingerprint density at radius 2 is 1.50 bits per heavy atom. The molecule has 0 aliphatic carbocycles. The van der Waals surface area contributed by atoms with E-state index >= 15 is 0 Å². The second kappa shape index (κ2) is 6.15. The van der Waals surface area contributed by atoms with Gasteiger partial charge in [0, 0.05) is 11.1 Å². The minimum atomic E-state index is -0.445. The molecule has 0 spiro atoms. The first-order valence-electron chi connectivity index (χ1n) is 7.89. The number of fused-ring (bicyclic) bond motifs is 1. The van der Waals surface area contributed by atoms with E-state index in [0.29, 0.717) is 0 Å². The van der Waals surface area contributed by atoms with Crippen LogP contribution >= 0.6 is 24.4 Å². The summed E-state index contributed by atoms with van der Waals surface area (Å²) < 4.78 is -0.445. The number of hydrogen-bond donors (Lipinski definition) is 1. The van der Waals surface area contributed by atoms with Gasteiger partial charge in [-0.1, -0.05) is 90.1 Å². The molecule has 4 rings (SSSR count). The van der Waals surface area contributed by atoms with Crippen LogP contribution in [0.5, 0.6) is 0 Å². The lowest BCUT2D eigenvalue weighted by Crippen LogP contribution is -2.22. The Morgan fingerprint density at radius 1 is 0.833 bits per heavy atom. The Kier molecular flexibility index (Phi) is 3.99. The molecule has 3 aromatic carbocycles. The van der Waals surface area contributed by atoms with Crippen molar-refractivity contribution >= 4 is 35.1 Å². The first kappa shape index (κ1) is 15.6. The largest absolute Gasteiger partial charge is 0.241 e. The van der Waals surface area contributed by atoms with E-state index in [0.717, 1.165) is 21.9 Å². The highest BCUT2D eigenvalue weighted by atomic mass is 32.2. The van der Waals surface area contributed by atoms with Gasteiger partial charge in [0.25, 0.3) is 0 Å². The number of rotatable bonds is 2. The van der Waals surface area contributed by atoms with Gasteiger partial charge in [0.15, 0.2) is 0 Å². The molecule has 1 atom stereocenters. The number of para-hydroxylation sites is 1. The molecule has 24 heavy (non-hydrogen) atoms. The van der Waals surface area contributed by atoms with E-state index in [4.69, 9.17) is 17.6 Å². The first-order valence-corrected chi connectivity index (χ1v) is 9.15. The molecule has 0 bridgehead atoms. The SMILES string of the molecule is Cc1ccc(C2=Nc3ccccc3[C@@](S)(c3ccccc3)S2)cc1. The highest BCUT2D eigenvalue weighted by molar-refractivity contribution is 8.22. The van der Waals surface area contributed by atoms with Crippen molar-refractivity contribution in [3.8, 4) is 0 Å². The molecule has 0 saturated carbocycles. The minimum Gasteiger partial charge on any atom is -0.241 e. The van der Waals surface area contributed by atoms with Gasteiger partial charge in [0.1, 0.15) is 9.12 Å². The van der Waals surface area contributed by atoms with E-state index < -0.39 is 4.08 Å². The number of thioether (sulfide) groups is 1. The molecule has 0 saturated heterocycles. The van der Waals surface area contributed by atoms with Crippen LogP contribution in [0.3, 0.4) is 0 Å². The fraction of sp³-hybridized carbons (Fsp3) is 0.0952. The Morgan fingerprint density at radius 3 is 2.25 bits per heavy atom. The molecule has 3 aromatic rings. The second-order valence-electron chi connectivity index (χ2n) is 5.91. The zero-order chi connectivity index (χ0) is 16.6. The average Bonchev–Trinajstić information content (AvgIpc) is 2.63. The van der Waals surface area contributed by atoms with Crippen LogP contribution in [0.15, 0.2) is 83.9 Å². The number of aryl methyl sites for hydroxylation is 1. The molecule has 0 N–H and O–H groups in total. The Bertz CT molecular complexity index is 901. The Labute approximate surface area is 152 Å². The van der Waals surface area contributed by atoms with Crippen molar-refractivity contribution in [1.82, 2.24) is 0 Å². The van der Waals surface area contributed by atoms with E-state index in [-0.39, 0.29) is 0 Å². The zero-order valence-electron chi connectivity index (χ0n) is 13.3. The molecule has 3 heteroatoms. The van der Waals surface area contributed by atoms with E-state index in [1.54, 1.807) is 11.8 Å². The van der Waals surface area contributed by atoms with E-state index in [1.165, 1.54) is 11.1 Å². The summed E-state index contributed by atoms with van der Waals surface area (Å²) in [6.45, 7) is 2.10. The minimum absolute atomic E-state index is 0.445. The highest BCUT2D eigenvalue weighted by Crippen LogP contribution is 2.53. The van der Waals surface area contributed by atoms with Crippen molar-refractivity contribution in [2.75, 3.05) is 0 Å². The average molecular weight is 348 g/mol. The van der Waals surface area contributed by atoms with Crippen LogP contribution in [0.1, 0.15) is 22.3 Å². The first-order chi connectivity index (χ1) is 11.7. The van der Waals surface area contributed by atoms with Crippen LogP contribution in [0.25, 0.3) is 0 Å². The van der Waals surface area contributed by atoms with Crippen molar-refractivity contribution in [2.45, 2.75) is 11.0 Å². The summed E-state index contributed by atoms with van der Waals surface area (Å²) in [4.78, 5) is 4.90. The Hall–Kier alpha value is -1.97. The molecule has 118 valence electrons. The monoisotopic (exact) mass is 347 g/mol. The van der Waals surface area contributed by atoms with Gasteiger partial charge in [-0.15, -0.1) is 0 Å². The lowest BCUT2D eigenvalue weighted by Gasteiger charge is -2.34. The standard InChI is InChI=1S/C21H17NS2/c1-15-11-13-16(14-12-15)20-22-19-10-6-5-9-18(19)21(23,24-20)17-7-3-2-4-8-17/h2-14,23H,1H3/t21-/m1/s1. The highest BCUT2D eigenvalue weighted by Gasteiger charge is 2.38. The van der Waals surface area contributed by atoms with Gasteiger partial charge >= 0.3 is 0 Å². The number of nitrogens with zero attached hydrogens (tertiary/aromatic N) is 1. The molecule has 1 nitrogen and oxygen atoms in total. The molecule has 0 radical (unpaired) electrons. The van der Waals surface area contributed by atoms with Crippen LogP contribution in [-0.4, -0.2) is 5.04 Å². The molecule has 1 heterocycles. The molecule has 0 aromatic heterocycles. The van der Waals surface area contributed by atoms with Crippen LogP contribution in [0.4, 0.5) is 5.69 Å². The molecule has 0 fully saturated rings. The summed E-state index contributed by atoms with van der Waals surface area (Å²) in [6, 6.07) is 27.2. The fourth-order valence-electron chi connectivity index (χ4n) is 2.88. The normalized spacial score (nSPS) is 19.5. The maximum atomic E-state index is 5.13. The van der Waals surface area contributed by atoms with Gasteiger partial charge in [-0.05, 0) is 18.6 Å². The molecular weight excluding hydrogens is 330 g/mol. The summed E-state index contributed by atoms with van der Waals surface area (Å²) in [5.41, 5.74) is 5.69. The van der Waals surface area contributed by atoms with Crippen LogP contribution in [-0.2, 0) is 4.08 Å². The number of aliphatic imine (C=N–C) groups is 1. The summed E-state index contributed by atoms with van der Waals surface area (Å²) in [5.74, 6) is 0. The maximum Gasteiger partial charge on any atom is 0.117 e. The van der Waals surface area contributed by atoms with Gasteiger partial charge in [0.2, 0.25) is 0 Å². The van der Waals surface area contributed by atoms with Crippen LogP contribution in [0.2, 0.25) is 0 Å². The van der Waals surface area contributed by atoms with Crippen molar-refractivity contribution in [3.05, 3.63) is 101 Å². The third-order valence-corrected chi connectivity index (χ3v) is 6.24. The number of hydrogen-bond acceptors (Lipinski definition) is 3. The third kappa shape index (κ3) is 2.68. The molecule has 1 aliphatic rings. The quantitative estimate of drug-likeness (QED) is 0.565. The van der Waals surface area contributed by atoms with E-state index in [9.17, 15) is 0 Å². The lowest BCUT2D eigenvalue weighted by atomic mass is 10.0. The lowest BCUT2D eigenvalue weighted by molar-refractivity contribution is 1.08. The third-order valence-electron chi connectivity index (χ3n) is 4.20. The summed E-state index contributed by atoms with van der Waals surface area (Å²) in [7, 11) is 0. The second-order valence-corrected chi connectivity index (χ2v) is 8.09. The maximum absolute atomic E-state index is 5.13. The summed E-state index contributed by atoms with van der Waals surface area (Å²) in [5, 5.41) is 1.01. The Balaban J connectivity index is 1.88. The van der Waals surface area contributed by atoms with E-state index in [2.05, 4.69) is 73.7 Å². The molecule has 0 unspecified atom stereocenters. The fourth-order valence-corrected chi connectivity index (χ4v) is 4.69. The van der Waals surface area contributed by atoms with Crippen molar-refractivity contribution in [2.24, 2.45) is 4.99 Å².